The summed E-state index contributed by atoms with van der Waals surface area (Å²) < 4.78 is 0. The summed E-state index contributed by atoms with van der Waals surface area (Å²) in [7, 11) is 0. The second kappa shape index (κ2) is 9.14. The Bertz CT molecular complexity index is 1080. The average molecular weight is 440 g/mol. The van der Waals surface area contributed by atoms with E-state index < -0.39 is 29.7 Å². The summed E-state index contributed by atoms with van der Waals surface area (Å²) in [4.78, 5) is 52.3. The van der Waals surface area contributed by atoms with E-state index in [2.05, 4.69) is 5.43 Å². The van der Waals surface area contributed by atoms with Crippen molar-refractivity contribution in [2.24, 2.45) is 0 Å². The molecule has 1 heterocycles. The zero-order chi connectivity index (χ0) is 22.7. The minimum atomic E-state index is -1.17. The molecule has 1 aliphatic rings. The molecule has 1 unspecified atom stereocenters. The lowest BCUT2D eigenvalue weighted by Gasteiger charge is -2.27. The van der Waals surface area contributed by atoms with E-state index >= 15 is 0 Å². The minimum absolute atomic E-state index is 0.216. The zero-order valence-electron chi connectivity index (χ0n) is 17.4. The van der Waals surface area contributed by atoms with Gasteiger partial charge in [0.25, 0.3) is 17.7 Å². The van der Waals surface area contributed by atoms with E-state index in [1.165, 1.54) is 24.3 Å². The Morgan fingerprint density at radius 2 is 1.81 bits per heavy atom. The molecule has 0 aromatic heterocycles. The van der Waals surface area contributed by atoms with Crippen LogP contribution in [-0.4, -0.2) is 34.7 Å². The smallest absolute Gasteiger partial charge is 0.269 e. The van der Waals surface area contributed by atoms with Crippen LogP contribution in [0.4, 0.5) is 5.69 Å². The Morgan fingerprint density at radius 3 is 2.42 bits per heavy atom. The second-order valence-corrected chi connectivity index (χ2v) is 7.73. The summed E-state index contributed by atoms with van der Waals surface area (Å²) in [5.74, 6) is -2.27. The quantitative estimate of drug-likeness (QED) is 0.449. The van der Waals surface area contributed by atoms with Crippen LogP contribution in [0.1, 0.15) is 34.8 Å². The van der Waals surface area contributed by atoms with E-state index in [0.29, 0.717) is 10.7 Å². The lowest BCUT2D eigenvalue weighted by atomic mass is 10.1. The number of hydrogen-bond acceptors (Lipinski definition) is 4. The lowest BCUT2D eigenvalue weighted by molar-refractivity contribution is -0.137. The molecule has 3 rings (SSSR count). The number of hydrogen-bond donors (Lipinski definition) is 1. The van der Waals surface area contributed by atoms with Crippen LogP contribution >= 0.6 is 11.6 Å². The highest BCUT2D eigenvalue weighted by atomic mass is 35.5. The average Bonchev–Trinajstić information content (AvgIpc) is 2.99. The van der Waals surface area contributed by atoms with Gasteiger partial charge in [0.2, 0.25) is 5.91 Å². The van der Waals surface area contributed by atoms with E-state index in [-0.39, 0.29) is 12.0 Å². The van der Waals surface area contributed by atoms with Crippen LogP contribution in [-0.2, 0) is 14.4 Å². The summed E-state index contributed by atoms with van der Waals surface area (Å²) in [6.07, 6.45) is 2.46. The summed E-state index contributed by atoms with van der Waals surface area (Å²) in [6.45, 7) is 5.37. The van der Waals surface area contributed by atoms with E-state index in [1.54, 1.807) is 31.2 Å². The molecule has 1 aliphatic heterocycles. The molecule has 7 nitrogen and oxygen atoms in total. The van der Waals surface area contributed by atoms with Gasteiger partial charge in [-0.05, 0) is 62.2 Å². The van der Waals surface area contributed by atoms with Gasteiger partial charge in [-0.25, -0.2) is 9.91 Å². The maximum atomic E-state index is 13.2. The first-order valence-corrected chi connectivity index (χ1v) is 10.1. The molecular formula is C23H22ClN3O4. The first-order chi connectivity index (χ1) is 14.7. The third-order valence-corrected chi connectivity index (χ3v) is 4.99. The Labute approximate surface area is 185 Å². The maximum absolute atomic E-state index is 13.2. The zero-order valence-corrected chi connectivity index (χ0v) is 18.1. The number of carbonyl (C=O) groups is 4. The number of nitrogens with one attached hydrogen (secondary N) is 1. The van der Waals surface area contributed by atoms with Crippen molar-refractivity contribution in [3.05, 3.63) is 76.3 Å². The standard InChI is InChI=1S/C23H22ClN3O4/c1-4-6-20(28)27(25-22(30)16-7-5-8-17(24)12-16)19-13-21(29)26(23(19)31)18-10-14(2)9-15(3)11-18/h4-12,19H,13H2,1-3H3,(H,25,30). The lowest BCUT2D eigenvalue weighted by Crippen LogP contribution is -2.54. The molecule has 0 aliphatic carbocycles. The topological polar surface area (TPSA) is 86.8 Å². The Kier molecular flexibility index (Phi) is 6.56. The highest BCUT2D eigenvalue weighted by Gasteiger charge is 2.45. The Hall–Kier alpha value is -3.45. The number of benzene rings is 2. The number of imide groups is 1. The number of nitrogens with zero attached hydrogens (tertiary/aromatic N) is 2. The molecule has 2 aromatic carbocycles. The van der Waals surface area contributed by atoms with E-state index in [0.717, 1.165) is 21.0 Å². The fourth-order valence-electron chi connectivity index (χ4n) is 3.48. The van der Waals surface area contributed by atoms with E-state index in [9.17, 15) is 19.2 Å². The molecule has 0 spiro atoms. The van der Waals surface area contributed by atoms with Gasteiger partial charge in [-0.1, -0.05) is 29.8 Å². The summed E-state index contributed by atoms with van der Waals surface area (Å²) in [5.41, 5.74) is 4.92. The summed E-state index contributed by atoms with van der Waals surface area (Å²) >= 11 is 5.94. The van der Waals surface area contributed by atoms with Crippen molar-refractivity contribution in [1.82, 2.24) is 10.4 Å². The molecule has 0 saturated carbocycles. The van der Waals surface area contributed by atoms with Crippen LogP contribution in [0.2, 0.25) is 5.02 Å². The number of allylic oxidation sites excluding steroid dienone is 1. The van der Waals surface area contributed by atoms with Crippen LogP contribution in [0.25, 0.3) is 0 Å². The predicted octanol–water partition coefficient (Wildman–Crippen LogP) is 3.34. The maximum Gasteiger partial charge on any atom is 0.269 e. The molecule has 1 fully saturated rings. The van der Waals surface area contributed by atoms with Crippen molar-refractivity contribution in [2.45, 2.75) is 33.2 Å². The van der Waals surface area contributed by atoms with Crippen LogP contribution in [0.5, 0.6) is 0 Å². The third-order valence-electron chi connectivity index (χ3n) is 4.75. The van der Waals surface area contributed by atoms with Gasteiger partial charge in [-0.2, -0.15) is 0 Å². The predicted molar refractivity (Wildman–Crippen MR) is 117 cm³/mol. The third kappa shape index (κ3) is 4.83. The fraction of sp³-hybridized carbons (Fsp3) is 0.217. The van der Waals surface area contributed by atoms with Gasteiger partial charge in [0.1, 0.15) is 6.04 Å². The van der Waals surface area contributed by atoms with Crippen molar-refractivity contribution in [2.75, 3.05) is 4.90 Å². The van der Waals surface area contributed by atoms with Crippen LogP contribution in [0.3, 0.4) is 0 Å². The highest BCUT2D eigenvalue weighted by molar-refractivity contribution is 6.31. The number of rotatable bonds is 4. The largest absolute Gasteiger partial charge is 0.274 e. The van der Waals surface area contributed by atoms with Crippen molar-refractivity contribution in [3.63, 3.8) is 0 Å². The Morgan fingerprint density at radius 1 is 1.13 bits per heavy atom. The van der Waals surface area contributed by atoms with Crippen molar-refractivity contribution >= 4 is 40.9 Å². The summed E-state index contributed by atoms with van der Waals surface area (Å²) in [5, 5.41) is 1.26. The van der Waals surface area contributed by atoms with E-state index in [1.807, 2.05) is 19.9 Å². The van der Waals surface area contributed by atoms with Crippen molar-refractivity contribution in [1.29, 1.82) is 0 Å². The van der Waals surface area contributed by atoms with Gasteiger partial charge < -0.3 is 0 Å². The van der Waals surface area contributed by atoms with Gasteiger partial charge in [0.05, 0.1) is 12.1 Å². The number of carbonyl (C=O) groups excluding carboxylic acids is 4. The number of hydrazine groups is 1. The summed E-state index contributed by atoms with van der Waals surface area (Å²) in [6, 6.07) is 10.4. The fourth-order valence-corrected chi connectivity index (χ4v) is 3.67. The molecule has 160 valence electrons. The number of amides is 4. The first kappa shape index (κ1) is 22.2. The number of halogens is 1. The molecule has 1 atom stereocenters. The normalized spacial score (nSPS) is 16.1. The molecule has 8 heteroatoms. The van der Waals surface area contributed by atoms with Gasteiger partial charge in [-0.15, -0.1) is 0 Å². The van der Waals surface area contributed by atoms with Crippen LogP contribution in [0, 0.1) is 13.8 Å². The second-order valence-electron chi connectivity index (χ2n) is 7.29. The molecule has 0 bridgehead atoms. The SMILES string of the molecule is CC=CC(=O)N(NC(=O)c1cccc(Cl)c1)C1CC(=O)N(c2cc(C)cc(C)c2)C1=O. The highest BCUT2D eigenvalue weighted by Crippen LogP contribution is 2.27. The molecule has 1 N–H and O–H groups in total. The molecule has 0 radical (unpaired) electrons. The Balaban J connectivity index is 1.92. The monoisotopic (exact) mass is 439 g/mol. The number of anilines is 1. The van der Waals surface area contributed by atoms with Gasteiger partial charge in [0, 0.05) is 16.7 Å². The van der Waals surface area contributed by atoms with E-state index in [4.69, 9.17) is 11.6 Å². The van der Waals surface area contributed by atoms with Gasteiger partial charge >= 0.3 is 0 Å². The van der Waals surface area contributed by atoms with Crippen LogP contribution in [0.15, 0.2) is 54.6 Å². The number of aryl methyl sites for hydroxylation is 2. The molecule has 31 heavy (non-hydrogen) atoms. The van der Waals surface area contributed by atoms with Gasteiger partial charge in [-0.3, -0.25) is 24.6 Å². The first-order valence-electron chi connectivity index (χ1n) is 9.68. The molecular weight excluding hydrogens is 418 g/mol. The van der Waals surface area contributed by atoms with Crippen LogP contribution < -0.4 is 10.3 Å². The molecule has 1 saturated heterocycles. The molecule has 4 amide bonds. The minimum Gasteiger partial charge on any atom is -0.274 e. The van der Waals surface area contributed by atoms with Crippen molar-refractivity contribution in [3.8, 4) is 0 Å². The van der Waals surface area contributed by atoms with Gasteiger partial charge in [0.15, 0.2) is 0 Å². The molecule has 2 aromatic rings. The van der Waals surface area contributed by atoms with Crippen molar-refractivity contribution < 1.29 is 19.2 Å².